The van der Waals surface area contributed by atoms with E-state index in [1.54, 1.807) is 11.8 Å². The molecule has 0 radical (unpaired) electrons. The van der Waals surface area contributed by atoms with Gasteiger partial charge in [-0.2, -0.15) is 0 Å². The van der Waals surface area contributed by atoms with Crippen LogP contribution in [0.15, 0.2) is 65.8 Å². The lowest BCUT2D eigenvalue weighted by atomic mass is 9.98. The summed E-state index contributed by atoms with van der Waals surface area (Å²) >= 11 is 0. The molecule has 2 aromatic carbocycles. The van der Waals surface area contributed by atoms with Crippen molar-refractivity contribution in [2.24, 2.45) is 5.11 Å². The van der Waals surface area contributed by atoms with Gasteiger partial charge in [0.2, 0.25) is 5.91 Å². The molecule has 1 heterocycles. The van der Waals surface area contributed by atoms with Crippen molar-refractivity contribution in [2.75, 3.05) is 19.7 Å². The molecule has 5 atom stereocenters. The van der Waals surface area contributed by atoms with Crippen LogP contribution < -0.4 is 0 Å². The van der Waals surface area contributed by atoms with Crippen molar-refractivity contribution in [1.29, 1.82) is 0 Å². The molecule has 188 valence electrons. The van der Waals surface area contributed by atoms with Gasteiger partial charge in [-0.3, -0.25) is 4.79 Å². The summed E-state index contributed by atoms with van der Waals surface area (Å²) in [4.78, 5) is 18.0. The number of likely N-dealkylation sites (N-methyl/N-ethyl adjacent to an activating group) is 1. The van der Waals surface area contributed by atoms with E-state index in [1.807, 2.05) is 74.5 Å². The second-order valence-electron chi connectivity index (χ2n) is 8.26. The Bertz CT molecular complexity index is 951. The van der Waals surface area contributed by atoms with Crippen LogP contribution in [0, 0.1) is 0 Å². The number of hydrogen-bond donors (Lipinski definition) is 0. The smallest absolute Gasteiger partial charge is 0.234 e. The fourth-order valence-electron chi connectivity index (χ4n) is 4.05. The molecule has 0 N–H and O–H groups in total. The lowest BCUT2D eigenvalue weighted by molar-refractivity contribution is -0.281. The third-order valence-electron chi connectivity index (χ3n) is 5.94. The average molecular weight is 483 g/mol. The normalized spacial score (nSPS) is 21.5. The summed E-state index contributed by atoms with van der Waals surface area (Å²) in [6.07, 6.45) is -2.64. The van der Waals surface area contributed by atoms with Crippen LogP contribution in [0.5, 0.6) is 0 Å². The maximum atomic E-state index is 13.4. The van der Waals surface area contributed by atoms with Crippen LogP contribution in [0.4, 0.5) is 0 Å². The van der Waals surface area contributed by atoms with Crippen molar-refractivity contribution in [1.82, 2.24) is 4.90 Å². The predicted molar refractivity (Wildman–Crippen MR) is 131 cm³/mol. The van der Waals surface area contributed by atoms with E-state index < -0.39 is 30.6 Å². The number of rotatable bonds is 12. The van der Waals surface area contributed by atoms with E-state index in [0.717, 1.165) is 11.1 Å². The van der Waals surface area contributed by atoms with Crippen LogP contribution >= 0.6 is 0 Å². The predicted octanol–water partition coefficient (Wildman–Crippen LogP) is 4.47. The molecule has 9 nitrogen and oxygen atoms in total. The van der Waals surface area contributed by atoms with Crippen molar-refractivity contribution >= 4 is 5.91 Å². The molecule has 1 fully saturated rings. The number of azide groups is 1. The number of amides is 1. The van der Waals surface area contributed by atoms with Crippen molar-refractivity contribution in [2.45, 2.75) is 64.6 Å². The van der Waals surface area contributed by atoms with Crippen LogP contribution in [-0.2, 0) is 37.0 Å². The Kier molecular flexibility index (Phi) is 10.5. The standard InChI is InChI=1S/C26H34N4O5/c1-4-30(5-2)26(31)23(28-29-27)25(34-17-21-14-10-7-11-15-21)24-22(18-32-19(3)35-24)33-16-20-12-8-6-9-13-20/h6-15,19,22-25H,4-5,16-18H2,1-3H3/t19-,22-,23+,24-,25-/m1/s1. The summed E-state index contributed by atoms with van der Waals surface area (Å²) in [5, 5.41) is 3.89. The Balaban J connectivity index is 1.90. The van der Waals surface area contributed by atoms with Crippen LogP contribution in [-0.4, -0.2) is 61.1 Å². The zero-order chi connectivity index (χ0) is 25.0. The molecule has 1 saturated heterocycles. The van der Waals surface area contributed by atoms with Gasteiger partial charge >= 0.3 is 0 Å². The van der Waals surface area contributed by atoms with Gasteiger partial charge in [0.1, 0.15) is 24.4 Å². The molecule has 9 heteroatoms. The van der Waals surface area contributed by atoms with E-state index in [-0.39, 0.29) is 19.1 Å². The summed E-state index contributed by atoms with van der Waals surface area (Å²) in [5.74, 6) is -0.310. The molecule has 0 aromatic heterocycles. The third-order valence-corrected chi connectivity index (χ3v) is 5.94. The molecular weight excluding hydrogens is 448 g/mol. The van der Waals surface area contributed by atoms with Crippen molar-refractivity contribution in [3.8, 4) is 0 Å². The molecule has 2 aromatic rings. The lowest BCUT2D eigenvalue weighted by Crippen LogP contribution is -2.57. The molecule has 1 amide bonds. The Hall–Kier alpha value is -2.94. The van der Waals surface area contributed by atoms with Crippen LogP contribution in [0.2, 0.25) is 0 Å². The van der Waals surface area contributed by atoms with E-state index in [2.05, 4.69) is 10.0 Å². The molecule has 3 rings (SSSR count). The molecular formula is C26H34N4O5. The van der Waals surface area contributed by atoms with E-state index in [1.165, 1.54) is 0 Å². The van der Waals surface area contributed by atoms with Crippen molar-refractivity contribution in [3.05, 3.63) is 82.2 Å². The van der Waals surface area contributed by atoms with Crippen molar-refractivity contribution < 1.29 is 23.7 Å². The summed E-state index contributed by atoms with van der Waals surface area (Å²) in [6.45, 7) is 7.32. The van der Waals surface area contributed by atoms with Gasteiger partial charge in [-0.25, -0.2) is 0 Å². The minimum Gasteiger partial charge on any atom is -0.370 e. The van der Waals surface area contributed by atoms with E-state index in [4.69, 9.17) is 18.9 Å². The Morgan fingerprint density at radius 1 is 1.09 bits per heavy atom. The minimum absolute atomic E-state index is 0.217. The highest BCUT2D eigenvalue weighted by molar-refractivity contribution is 5.82. The first kappa shape index (κ1) is 26.7. The Labute approximate surface area is 206 Å². The summed E-state index contributed by atoms with van der Waals surface area (Å²) in [5.41, 5.74) is 11.3. The SMILES string of the molecule is CCN(CC)C(=O)[C@@H](N=[N+]=[N-])[C@@H](OCc1ccccc1)[C@@H]1O[C@H](C)OC[C@H]1OCc1ccccc1. The molecule has 0 spiro atoms. The summed E-state index contributed by atoms with van der Waals surface area (Å²) in [6, 6.07) is 18.3. The summed E-state index contributed by atoms with van der Waals surface area (Å²) < 4.78 is 24.3. The first-order chi connectivity index (χ1) is 17.1. The second kappa shape index (κ2) is 13.8. The minimum atomic E-state index is -1.12. The first-order valence-electron chi connectivity index (χ1n) is 12.0. The topological polar surface area (TPSA) is 106 Å². The Morgan fingerprint density at radius 3 is 2.26 bits per heavy atom. The highest BCUT2D eigenvalue weighted by atomic mass is 16.7. The monoisotopic (exact) mass is 482 g/mol. The van der Waals surface area contributed by atoms with E-state index in [9.17, 15) is 10.3 Å². The van der Waals surface area contributed by atoms with Crippen LogP contribution in [0.3, 0.4) is 0 Å². The molecule has 0 saturated carbocycles. The molecule has 1 aliphatic heterocycles. The van der Waals surface area contributed by atoms with Gasteiger partial charge in [-0.1, -0.05) is 65.8 Å². The van der Waals surface area contributed by atoms with E-state index in [0.29, 0.717) is 19.7 Å². The van der Waals surface area contributed by atoms with Crippen LogP contribution in [0.25, 0.3) is 10.4 Å². The molecule has 0 bridgehead atoms. The maximum Gasteiger partial charge on any atom is 0.234 e. The van der Waals surface area contributed by atoms with E-state index >= 15 is 0 Å². The quantitative estimate of drug-likeness (QED) is 0.252. The molecule has 0 unspecified atom stereocenters. The number of ether oxygens (including phenoxy) is 4. The zero-order valence-corrected chi connectivity index (χ0v) is 20.5. The Morgan fingerprint density at radius 2 is 1.69 bits per heavy atom. The number of hydrogen-bond acceptors (Lipinski definition) is 6. The fourth-order valence-corrected chi connectivity index (χ4v) is 4.05. The number of nitrogens with zero attached hydrogens (tertiary/aromatic N) is 4. The highest BCUT2D eigenvalue weighted by Crippen LogP contribution is 2.27. The number of benzene rings is 2. The van der Waals surface area contributed by atoms with Gasteiger partial charge in [0, 0.05) is 18.0 Å². The van der Waals surface area contributed by atoms with Gasteiger partial charge in [-0.05, 0) is 37.4 Å². The maximum absolute atomic E-state index is 13.4. The van der Waals surface area contributed by atoms with Gasteiger partial charge < -0.3 is 23.8 Å². The second-order valence-corrected chi connectivity index (χ2v) is 8.26. The van der Waals surface area contributed by atoms with Gasteiger partial charge in [0.25, 0.3) is 0 Å². The van der Waals surface area contributed by atoms with Gasteiger partial charge in [0.05, 0.1) is 19.8 Å². The van der Waals surface area contributed by atoms with Crippen molar-refractivity contribution in [3.63, 3.8) is 0 Å². The molecule has 35 heavy (non-hydrogen) atoms. The lowest BCUT2D eigenvalue weighted by Gasteiger charge is -2.41. The largest absolute Gasteiger partial charge is 0.370 e. The average Bonchev–Trinajstić information content (AvgIpc) is 2.89. The van der Waals surface area contributed by atoms with Crippen LogP contribution in [0.1, 0.15) is 31.9 Å². The fraction of sp³-hybridized carbons (Fsp3) is 0.500. The highest BCUT2D eigenvalue weighted by Gasteiger charge is 2.44. The zero-order valence-electron chi connectivity index (χ0n) is 20.5. The number of carbonyl (C=O) groups excluding carboxylic acids is 1. The van der Waals surface area contributed by atoms with Gasteiger partial charge in [-0.15, -0.1) is 0 Å². The molecule has 0 aliphatic carbocycles. The first-order valence-corrected chi connectivity index (χ1v) is 12.0. The molecule has 1 aliphatic rings. The van der Waals surface area contributed by atoms with Gasteiger partial charge in [0.15, 0.2) is 6.29 Å². The third kappa shape index (κ3) is 7.52. The number of carbonyl (C=O) groups is 1. The summed E-state index contributed by atoms with van der Waals surface area (Å²) in [7, 11) is 0.